The molecule has 0 spiro atoms. The van der Waals surface area contributed by atoms with Crippen molar-refractivity contribution in [3.63, 3.8) is 0 Å². The molecule has 0 bridgehead atoms. The minimum absolute atomic E-state index is 0.0363. The standard InChI is InChI=1S/C16H14N2O3/c1-2-12-6-7-16(15(9-12)18(19)20)21-11-14-5-3-4-13(8-14)10-17/h3-9H,2,11H2,1H3. The molecule has 5 heteroatoms. The summed E-state index contributed by atoms with van der Waals surface area (Å²) in [5.41, 5.74) is 2.18. The van der Waals surface area contributed by atoms with Crippen LogP contribution in [0.3, 0.4) is 0 Å². The molecule has 0 unspecified atom stereocenters. The second kappa shape index (κ2) is 6.53. The molecule has 0 aliphatic carbocycles. The number of hydrogen-bond acceptors (Lipinski definition) is 4. The first-order valence-corrected chi connectivity index (χ1v) is 6.53. The average Bonchev–Trinajstić information content (AvgIpc) is 2.52. The highest BCUT2D eigenvalue weighted by Crippen LogP contribution is 2.29. The van der Waals surface area contributed by atoms with Gasteiger partial charge < -0.3 is 4.74 Å². The molecule has 0 radical (unpaired) electrons. The van der Waals surface area contributed by atoms with Gasteiger partial charge in [0.05, 0.1) is 16.6 Å². The minimum atomic E-state index is -0.444. The van der Waals surface area contributed by atoms with Crippen LogP contribution in [0.1, 0.15) is 23.6 Å². The maximum absolute atomic E-state index is 11.1. The summed E-state index contributed by atoms with van der Waals surface area (Å²) in [5, 5.41) is 19.9. The summed E-state index contributed by atoms with van der Waals surface area (Å²) in [6.07, 6.45) is 0.728. The predicted molar refractivity (Wildman–Crippen MR) is 78.0 cm³/mol. The summed E-state index contributed by atoms with van der Waals surface area (Å²) in [6, 6.07) is 14.0. The van der Waals surface area contributed by atoms with E-state index < -0.39 is 4.92 Å². The Bertz CT molecular complexity index is 705. The van der Waals surface area contributed by atoms with Gasteiger partial charge >= 0.3 is 5.69 Å². The third kappa shape index (κ3) is 3.57. The van der Waals surface area contributed by atoms with Gasteiger partial charge in [-0.25, -0.2) is 0 Å². The topological polar surface area (TPSA) is 76.2 Å². The number of aryl methyl sites for hydroxylation is 1. The Morgan fingerprint density at radius 1 is 1.24 bits per heavy atom. The molecule has 2 aromatic rings. The van der Waals surface area contributed by atoms with Crippen molar-refractivity contribution in [2.45, 2.75) is 20.0 Å². The summed E-state index contributed by atoms with van der Waals surface area (Å²) in [4.78, 5) is 10.6. The maximum atomic E-state index is 11.1. The lowest BCUT2D eigenvalue weighted by Gasteiger charge is -2.08. The van der Waals surface area contributed by atoms with E-state index in [0.717, 1.165) is 17.5 Å². The molecule has 0 atom stereocenters. The summed E-state index contributed by atoms with van der Waals surface area (Å²) in [6.45, 7) is 2.12. The first kappa shape index (κ1) is 14.5. The maximum Gasteiger partial charge on any atom is 0.311 e. The molecule has 0 saturated heterocycles. The number of rotatable bonds is 5. The van der Waals surface area contributed by atoms with Crippen molar-refractivity contribution >= 4 is 5.69 Å². The van der Waals surface area contributed by atoms with Gasteiger partial charge in [0.1, 0.15) is 6.61 Å². The smallest absolute Gasteiger partial charge is 0.311 e. The third-order valence-electron chi connectivity index (χ3n) is 3.08. The number of nitro benzene ring substituents is 1. The molecule has 0 aliphatic rings. The summed E-state index contributed by atoms with van der Waals surface area (Å²) in [7, 11) is 0. The quantitative estimate of drug-likeness (QED) is 0.620. The van der Waals surface area contributed by atoms with Crippen LogP contribution in [0, 0.1) is 21.4 Å². The van der Waals surface area contributed by atoms with Gasteiger partial charge in [-0.2, -0.15) is 5.26 Å². The fourth-order valence-corrected chi connectivity index (χ4v) is 1.94. The number of nitriles is 1. The van der Waals surface area contributed by atoms with Crippen molar-refractivity contribution in [1.29, 1.82) is 5.26 Å². The zero-order valence-corrected chi connectivity index (χ0v) is 11.6. The van der Waals surface area contributed by atoms with Gasteiger partial charge in [0.15, 0.2) is 5.75 Å². The van der Waals surface area contributed by atoms with E-state index in [1.54, 1.807) is 24.3 Å². The molecule has 0 amide bonds. The Hall–Kier alpha value is -2.87. The monoisotopic (exact) mass is 282 g/mol. The van der Waals surface area contributed by atoms with E-state index >= 15 is 0 Å². The third-order valence-corrected chi connectivity index (χ3v) is 3.08. The van der Waals surface area contributed by atoms with Crippen molar-refractivity contribution < 1.29 is 9.66 Å². The van der Waals surface area contributed by atoms with Gasteiger partial charge in [-0.05, 0) is 35.7 Å². The Kier molecular flexibility index (Phi) is 4.52. The van der Waals surface area contributed by atoms with Crippen molar-refractivity contribution in [2.24, 2.45) is 0 Å². The van der Waals surface area contributed by atoms with Crippen LogP contribution in [-0.4, -0.2) is 4.92 Å². The van der Waals surface area contributed by atoms with Crippen molar-refractivity contribution in [3.05, 3.63) is 69.3 Å². The van der Waals surface area contributed by atoms with Crippen LogP contribution in [0.5, 0.6) is 5.75 Å². The number of benzene rings is 2. The molecule has 0 aliphatic heterocycles. The molecule has 106 valence electrons. The predicted octanol–water partition coefficient (Wildman–Crippen LogP) is 3.61. The lowest BCUT2D eigenvalue weighted by atomic mass is 10.1. The second-order valence-electron chi connectivity index (χ2n) is 4.51. The van der Waals surface area contributed by atoms with Gasteiger partial charge in [-0.3, -0.25) is 10.1 Å². The highest BCUT2D eigenvalue weighted by atomic mass is 16.6. The summed E-state index contributed by atoms with van der Waals surface area (Å²) < 4.78 is 5.53. The SMILES string of the molecule is CCc1ccc(OCc2cccc(C#N)c2)c([N+](=O)[O-])c1. The molecular formula is C16H14N2O3. The van der Waals surface area contributed by atoms with Gasteiger partial charge in [0.2, 0.25) is 0 Å². The number of hydrogen-bond donors (Lipinski definition) is 0. The van der Waals surface area contributed by atoms with Crippen molar-refractivity contribution in [2.75, 3.05) is 0 Å². The highest BCUT2D eigenvalue weighted by molar-refractivity contribution is 5.48. The van der Waals surface area contributed by atoms with E-state index in [9.17, 15) is 10.1 Å². The van der Waals surface area contributed by atoms with Crippen molar-refractivity contribution in [3.8, 4) is 11.8 Å². The van der Waals surface area contributed by atoms with Crippen LogP contribution in [-0.2, 0) is 13.0 Å². The van der Waals surface area contributed by atoms with Gasteiger partial charge in [-0.15, -0.1) is 0 Å². The minimum Gasteiger partial charge on any atom is -0.482 e. The molecular weight excluding hydrogens is 268 g/mol. The van der Waals surface area contributed by atoms with E-state index in [1.807, 2.05) is 25.1 Å². The van der Waals surface area contributed by atoms with Crippen LogP contribution in [0.4, 0.5) is 5.69 Å². The Morgan fingerprint density at radius 2 is 2.05 bits per heavy atom. The Morgan fingerprint density at radius 3 is 2.71 bits per heavy atom. The molecule has 2 aromatic carbocycles. The largest absolute Gasteiger partial charge is 0.482 e. The number of nitrogens with zero attached hydrogens (tertiary/aromatic N) is 2. The van der Waals surface area contributed by atoms with Crippen LogP contribution in [0.2, 0.25) is 0 Å². The fourth-order valence-electron chi connectivity index (χ4n) is 1.94. The van der Waals surface area contributed by atoms with E-state index in [4.69, 9.17) is 10.00 Å². The zero-order valence-electron chi connectivity index (χ0n) is 11.6. The summed E-state index contributed by atoms with van der Waals surface area (Å²) in [5.74, 6) is 0.236. The zero-order chi connectivity index (χ0) is 15.2. The van der Waals surface area contributed by atoms with E-state index in [2.05, 4.69) is 0 Å². The fraction of sp³-hybridized carbons (Fsp3) is 0.188. The van der Waals surface area contributed by atoms with Crippen LogP contribution >= 0.6 is 0 Å². The Labute approximate surface area is 122 Å². The van der Waals surface area contributed by atoms with E-state index in [1.165, 1.54) is 6.07 Å². The molecule has 0 N–H and O–H groups in total. The second-order valence-corrected chi connectivity index (χ2v) is 4.51. The van der Waals surface area contributed by atoms with E-state index in [-0.39, 0.29) is 18.0 Å². The van der Waals surface area contributed by atoms with Crippen molar-refractivity contribution in [1.82, 2.24) is 0 Å². The molecule has 0 aromatic heterocycles. The molecule has 5 nitrogen and oxygen atoms in total. The molecule has 0 fully saturated rings. The van der Waals surface area contributed by atoms with Crippen LogP contribution in [0.25, 0.3) is 0 Å². The number of ether oxygens (including phenoxy) is 1. The van der Waals surface area contributed by atoms with Gasteiger partial charge in [-0.1, -0.05) is 25.1 Å². The molecule has 2 rings (SSSR count). The lowest BCUT2D eigenvalue weighted by Crippen LogP contribution is -2.00. The highest BCUT2D eigenvalue weighted by Gasteiger charge is 2.15. The number of nitro groups is 1. The first-order chi connectivity index (χ1) is 10.1. The van der Waals surface area contributed by atoms with Gasteiger partial charge in [0.25, 0.3) is 0 Å². The van der Waals surface area contributed by atoms with Crippen LogP contribution < -0.4 is 4.74 Å². The van der Waals surface area contributed by atoms with Crippen LogP contribution in [0.15, 0.2) is 42.5 Å². The summed E-state index contributed by atoms with van der Waals surface area (Å²) >= 11 is 0. The Balaban J connectivity index is 2.19. The normalized spacial score (nSPS) is 9.90. The molecule has 0 heterocycles. The average molecular weight is 282 g/mol. The lowest BCUT2D eigenvalue weighted by molar-refractivity contribution is -0.386. The van der Waals surface area contributed by atoms with Gasteiger partial charge in [0, 0.05) is 6.07 Å². The molecule has 0 saturated carbocycles. The molecule has 21 heavy (non-hydrogen) atoms. The first-order valence-electron chi connectivity index (χ1n) is 6.53. The van der Waals surface area contributed by atoms with E-state index in [0.29, 0.717) is 5.56 Å².